The molecule has 92 valence electrons. The van der Waals surface area contributed by atoms with Gasteiger partial charge in [-0.15, -0.1) is 0 Å². The van der Waals surface area contributed by atoms with E-state index in [1.807, 2.05) is 25.1 Å². The van der Waals surface area contributed by atoms with Gasteiger partial charge in [0.1, 0.15) is 0 Å². The van der Waals surface area contributed by atoms with Crippen molar-refractivity contribution in [2.24, 2.45) is 0 Å². The zero-order valence-electron chi connectivity index (χ0n) is 10.00. The van der Waals surface area contributed by atoms with E-state index in [4.69, 9.17) is 5.11 Å². The first-order chi connectivity index (χ1) is 8.66. The number of nitrogens with zero attached hydrogens (tertiary/aromatic N) is 1. The molecule has 1 aromatic carbocycles. The van der Waals surface area contributed by atoms with Crippen LogP contribution < -0.4 is 5.32 Å². The van der Waals surface area contributed by atoms with Crippen LogP contribution in [-0.4, -0.2) is 16.1 Å². The van der Waals surface area contributed by atoms with Gasteiger partial charge in [-0.25, -0.2) is 4.79 Å². The average molecular weight is 242 g/mol. The highest BCUT2D eigenvalue weighted by molar-refractivity contribution is 5.88. The predicted octanol–water partition coefficient (Wildman–Crippen LogP) is 2.95. The van der Waals surface area contributed by atoms with Crippen LogP contribution in [0.25, 0.3) is 0 Å². The number of carboxylic acids is 1. The summed E-state index contributed by atoms with van der Waals surface area (Å²) in [6, 6.07) is 10.7. The summed E-state index contributed by atoms with van der Waals surface area (Å²) in [5, 5.41) is 12.2. The molecule has 4 heteroatoms. The smallest absolute Gasteiger partial charge is 0.335 e. The summed E-state index contributed by atoms with van der Waals surface area (Å²) in [4.78, 5) is 14.8. The Hall–Kier alpha value is -2.36. The van der Waals surface area contributed by atoms with Gasteiger partial charge in [0.05, 0.1) is 5.56 Å². The molecule has 1 atom stereocenters. The molecule has 4 nitrogen and oxygen atoms in total. The lowest BCUT2D eigenvalue weighted by Gasteiger charge is -2.15. The van der Waals surface area contributed by atoms with Crippen molar-refractivity contribution in [2.45, 2.75) is 13.0 Å². The van der Waals surface area contributed by atoms with Crippen LogP contribution in [0.4, 0.5) is 5.69 Å². The number of benzene rings is 1. The van der Waals surface area contributed by atoms with Crippen LogP contribution in [0.15, 0.2) is 48.8 Å². The zero-order chi connectivity index (χ0) is 13.0. The van der Waals surface area contributed by atoms with Gasteiger partial charge in [0.15, 0.2) is 0 Å². The van der Waals surface area contributed by atoms with Crippen molar-refractivity contribution in [1.29, 1.82) is 0 Å². The van der Waals surface area contributed by atoms with Crippen LogP contribution >= 0.6 is 0 Å². The van der Waals surface area contributed by atoms with Crippen molar-refractivity contribution < 1.29 is 9.90 Å². The minimum absolute atomic E-state index is 0.0945. The quantitative estimate of drug-likeness (QED) is 0.865. The zero-order valence-corrected chi connectivity index (χ0v) is 10.00. The van der Waals surface area contributed by atoms with Crippen molar-refractivity contribution >= 4 is 11.7 Å². The van der Waals surface area contributed by atoms with Gasteiger partial charge in [-0.05, 0) is 42.8 Å². The van der Waals surface area contributed by atoms with E-state index in [1.54, 1.807) is 30.6 Å². The van der Waals surface area contributed by atoms with E-state index in [0.29, 0.717) is 0 Å². The van der Waals surface area contributed by atoms with E-state index in [0.717, 1.165) is 11.3 Å². The summed E-state index contributed by atoms with van der Waals surface area (Å²) in [5.41, 5.74) is 2.17. The normalized spacial score (nSPS) is 11.8. The number of nitrogens with one attached hydrogen (secondary N) is 1. The predicted molar refractivity (Wildman–Crippen MR) is 69.7 cm³/mol. The molecule has 0 spiro atoms. The van der Waals surface area contributed by atoms with Crippen LogP contribution in [0.3, 0.4) is 0 Å². The summed E-state index contributed by atoms with van der Waals surface area (Å²) in [5.74, 6) is -0.921. The molecule has 1 unspecified atom stereocenters. The molecule has 0 aliphatic carbocycles. The maximum absolute atomic E-state index is 10.9. The summed E-state index contributed by atoms with van der Waals surface area (Å²) in [7, 11) is 0. The molecule has 0 saturated carbocycles. The number of pyridine rings is 1. The van der Waals surface area contributed by atoms with Gasteiger partial charge in [-0.1, -0.05) is 6.07 Å². The fraction of sp³-hybridized carbons (Fsp3) is 0.143. The maximum Gasteiger partial charge on any atom is 0.335 e. The Balaban J connectivity index is 2.14. The Morgan fingerprint density at radius 1 is 1.28 bits per heavy atom. The number of carbonyl (C=O) groups is 1. The lowest BCUT2D eigenvalue weighted by atomic mass is 10.1. The Labute approximate surface area is 105 Å². The number of carboxylic acid groups (broad SMARTS) is 1. The van der Waals surface area contributed by atoms with Crippen molar-refractivity contribution in [3.63, 3.8) is 0 Å². The molecule has 0 saturated heterocycles. The summed E-state index contributed by atoms with van der Waals surface area (Å²) in [6.45, 7) is 2.02. The molecule has 18 heavy (non-hydrogen) atoms. The second-order valence-electron chi connectivity index (χ2n) is 4.03. The Kier molecular flexibility index (Phi) is 3.57. The van der Waals surface area contributed by atoms with E-state index in [1.165, 1.54) is 0 Å². The molecule has 0 radical (unpaired) electrons. The highest BCUT2D eigenvalue weighted by atomic mass is 16.4. The average Bonchev–Trinajstić information content (AvgIpc) is 2.40. The SMILES string of the molecule is CC(Nc1cccc(C(=O)O)c1)c1ccncc1. The van der Waals surface area contributed by atoms with Gasteiger partial charge in [-0.2, -0.15) is 0 Å². The van der Waals surface area contributed by atoms with E-state index in [9.17, 15) is 4.79 Å². The lowest BCUT2D eigenvalue weighted by molar-refractivity contribution is 0.0697. The molecule has 0 fully saturated rings. The van der Waals surface area contributed by atoms with E-state index < -0.39 is 5.97 Å². The molecule has 2 N–H and O–H groups in total. The Bertz CT molecular complexity index is 541. The van der Waals surface area contributed by atoms with Gasteiger partial charge in [0.25, 0.3) is 0 Å². The molecule has 0 aliphatic rings. The molecule has 2 aromatic rings. The monoisotopic (exact) mass is 242 g/mol. The van der Waals surface area contributed by atoms with Crippen LogP contribution in [-0.2, 0) is 0 Å². The highest BCUT2D eigenvalue weighted by Gasteiger charge is 2.07. The van der Waals surface area contributed by atoms with Crippen molar-refractivity contribution in [3.8, 4) is 0 Å². The van der Waals surface area contributed by atoms with Gasteiger partial charge >= 0.3 is 5.97 Å². The summed E-state index contributed by atoms with van der Waals surface area (Å²) >= 11 is 0. The number of hydrogen-bond donors (Lipinski definition) is 2. The number of rotatable bonds is 4. The number of hydrogen-bond acceptors (Lipinski definition) is 3. The van der Waals surface area contributed by atoms with Crippen LogP contribution in [0.5, 0.6) is 0 Å². The molecule has 0 amide bonds. The second kappa shape index (κ2) is 5.31. The van der Waals surface area contributed by atoms with Crippen molar-refractivity contribution in [1.82, 2.24) is 4.98 Å². The van der Waals surface area contributed by atoms with Gasteiger partial charge in [0.2, 0.25) is 0 Å². The maximum atomic E-state index is 10.9. The molecule has 1 aromatic heterocycles. The van der Waals surface area contributed by atoms with Crippen molar-refractivity contribution in [3.05, 3.63) is 59.9 Å². The number of aromatic carboxylic acids is 1. The van der Waals surface area contributed by atoms with Gasteiger partial charge in [-0.3, -0.25) is 4.98 Å². The van der Waals surface area contributed by atoms with E-state index in [2.05, 4.69) is 10.3 Å². The van der Waals surface area contributed by atoms with Crippen molar-refractivity contribution in [2.75, 3.05) is 5.32 Å². The third-order valence-corrected chi connectivity index (χ3v) is 2.70. The van der Waals surface area contributed by atoms with Crippen LogP contribution in [0, 0.1) is 0 Å². The molecule has 2 rings (SSSR count). The molecule has 0 bridgehead atoms. The molecular weight excluding hydrogens is 228 g/mol. The van der Waals surface area contributed by atoms with Crippen LogP contribution in [0.2, 0.25) is 0 Å². The van der Waals surface area contributed by atoms with E-state index >= 15 is 0 Å². The first-order valence-corrected chi connectivity index (χ1v) is 5.66. The largest absolute Gasteiger partial charge is 0.478 e. The Morgan fingerprint density at radius 2 is 2.00 bits per heavy atom. The van der Waals surface area contributed by atoms with E-state index in [-0.39, 0.29) is 11.6 Å². The highest BCUT2D eigenvalue weighted by Crippen LogP contribution is 2.19. The third kappa shape index (κ3) is 2.85. The fourth-order valence-electron chi connectivity index (χ4n) is 1.73. The first-order valence-electron chi connectivity index (χ1n) is 5.66. The molecular formula is C14H14N2O2. The Morgan fingerprint density at radius 3 is 2.67 bits per heavy atom. The minimum atomic E-state index is -0.921. The second-order valence-corrected chi connectivity index (χ2v) is 4.03. The number of aromatic nitrogens is 1. The fourth-order valence-corrected chi connectivity index (χ4v) is 1.73. The topological polar surface area (TPSA) is 62.2 Å². The molecule has 1 heterocycles. The lowest BCUT2D eigenvalue weighted by Crippen LogP contribution is -2.07. The number of anilines is 1. The first kappa shape index (κ1) is 12.1. The minimum Gasteiger partial charge on any atom is -0.478 e. The van der Waals surface area contributed by atoms with Crippen LogP contribution in [0.1, 0.15) is 28.9 Å². The van der Waals surface area contributed by atoms with Gasteiger partial charge in [0, 0.05) is 24.1 Å². The third-order valence-electron chi connectivity index (χ3n) is 2.70. The standard InChI is InChI=1S/C14H14N2O2/c1-10(11-5-7-15-8-6-11)16-13-4-2-3-12(9-13)14(17)18/h2-10,16H,1H3,(H,17,18). The summed E-state index contributed by atoms with van der Waals surface area (Å²) < 4.78 is 0. The van der Waals surface area contributed by atoms with Gasteiger partial charge < -0.3 is 10.4 Å². The molecule has 0 aliphatic heterocycles. The summed E-state index contributed by atoms with van der Waals surface area (Å²) in [6.07, 6.45) is 3.47.